The molecule has 1 atom stereocenters. The highest BCUT2D eigenvalue weighted by atomic mass is 16.5. The van der Waals surface area contributed by atoms with Crippen molar-refractivity contribution in [1.82, 2.24) is 9.55 Å². The van der Waals surface area contributed by atoms with Gasteiger partial charge in [0.25, 0.3) is 0 Å². The summed E-state index contributed by atoms with van der Waals surface area (Å²) >= 11 is 0. The summed E-state index contributed by atoms with van der Waals surface area (Å²) in [7, 11) is 0. The molecule has 1 aromatic carbocycles. The van der Waals surface area contributed by atoms with Crippen LogP contribution in [0.5, 0.6) is 5.75 Å². The number of nitrogens with two attached hydrogens (primary N) is 1. The summed E-state index contributed by atoms with van der Waals surface area (Å²) in [6.45, 7) is 4.61. The van der Waals surface area contributed by atoms with Gasteiger partial charge in [-0.05, 0) is 43.9 Å². The highest BCUT2D eigenvalue weighted by molar-refractivity contribution is 5.37. The van der Waals surface area contributed by atoms with Crippen LogP contribution in [0.3, 0.4) is 0 Å². The maximum Gasteiger partial charge on any atom is 0.130 e. The van der Waals surface area contributed by atoms with Crippen LogP contribution in [0.4, 0.5) is 0 Å². The summed E-state index contributed by atoms with van der Waals surface area (Å²) < 4.78 is 8.16. The monoisotopic (exact) mass is 271 g/mol. The van der Waals surface area contributed by atoms with Gasteiger partial charge in [-0.15, -0.1) is 0 Å². The molecule has 1 aromatic heterocycles. The molecule has 1 aliphatic rings. The standard InChI is InChI=1S/C16H21N3O/c1-11-7-13(12(2)17)3-6-16(11)20-9-15-8-18-10-19(15)14-4-5-14/h3,6-8,10,12,14H,4-5,9,17H2,1-2H3/t12-/m1/s1. The Kier molecular flexibility index (Phi) is 3.49. The Bertz CT molecular complexity index is 600. The average molecular weight is 271 g/mol. The van der Waals surface area contributed by atoms with Crippen molar-refractivity contribution in [2.24, 2.45) is 5.73 Å². The van der Waals surface area contributed by atoms with Crippen LogP contribution in [0.2, 0.25) is 0 Å². The Morgan fingerprint density at radius 1 is 1.45 bits per heavy atom. The van der Waals surface area contributed by atoms with Crippen molar-refractivity contribution in [3.63, 3.8) is 0 Å². The Morgan fingerprint density at radius 3 is 2.90 bits per heavy atom. The van der Waals surface area contributed by atoms with Crippen molar-refractivity contribution in [3.05, 3.63) is 47.5 Å². The van der Waals surface area contributed by atoms with E-state index >= 15 is 0 Å². The molecule has 4 heteroatoms. The van der Waals surface area contributed by atoms with Crippen LogP contribution in [-0.2, 0) is 6.61 Å². The number of hydrogen-bond donors (Lipinski definition) is 1. The van der Waals surface area contributed by atoms with Crippen LogP contribution in [0.1, 0.15) is 48.7 Å². The smallest absolute Gasteiger partial charge is 0.130 e. The zero-order chi connectivity index (χ0) is 14.1. The molecule has 3 rings (SSSR count). The molecule has 2 N–H and O–H groups in total. The Balaban J connectivity index is 1.70. The number of hydrogen-bond acceptors (Lipinski definition) is 3. The van der Waals surface area contributed by atoms with Gasteiger partial charge in [0, 0.05) is 12.1 Å². The highest BCUT2D eigenvalue weighted by Gasteiger charge is 2.25. The van der Waals surface area contributed by atoms with Gasteiger partial charge in [0.1, 0.15) is 12.4 Å². The maximum absolute atomic E-state index is 5.93. The number of rotatable bonds is 5. The van der Waals surface area contributed by atoms with Crippen LogP contribution < -0.4 is 10.5 Å². The molecule has 1 saturated carbocycles. The zero-order valence-corrected chi connectivity index (χ0v) is 12.0. The summed E-state index contributed by atoms with van der Waals surface area (Å²) in [6.07, 6.45) is 6.31. The summed E-state index contributed by atoms with van der Waals surface area (Å²) in [6, 6.07) is 6.83. The molecule has 0 radical (unpaired) electrons. The van der Waals surface area contributed by atoms with E-state index in [1.807, 2.05) is 31.6 Å². The predicted octanol–water partition coefficient (Wildman–Crippen LogP) is 3.13. The molecule has 20 heavy (non-hydrogen) atoms. The van der Waals surface area contributed by atoms with Crippen molar-refractivity contribution in [2.75, 3.05) is 0 Å². The van der Waals surface area contributed by atoms with E-state index < -0.39 is 0 Å². The van der Waals surface area contributed by atoms with E-state index in [4.69, 9.17) is 10.5 Å². The van der Waals surface area contributed by atoms with Crippen molar-refractivity contribution >= 4 is 0 Å². The van der Waals surface area contributed by atoms with Crippen LogP contribution in [0.25, 0.3) is 0 Å². The molecule has 0 bridgehead atoms. The summed E-state index contributed by atoms with van der Waals surface area (Å²) in [4.78, 5) is 4.22. The normalized spacial score (nSPS) is 16.1. The lowest BCUT2D eigenvalue weighted by atomic mass is 10.1. The van der Waals surface area contributed by atoms with Crippen molar-refractivity contribution in [1.29, 1.82) is 0 Å². The number of benzene rings is 1. The molecule has 0 aliphatic heterocycles. The number of nitrogens with zero attached hydrogens (tertiary/aromatic N) is 2. The van der Waals surface area contributed by atoms with E-state index in [0.717, 1.165) is 22.6 Å². The second-order valence-corrected chi connectivity index (χ2v) is 5.63. The topological polar surface area (TPSA) is 53.1 Å². The average Bonchev–Trinajstić information content (AvgIpc) is 3.16. The van der Waals surface area contributed by atoms with Gasteiger partial charge >= 0.3 is 0 Å². The molecule has 2 aromatic rings. The third-order valence-corrected chi connectivity index (χ3v) is 3.79. The third-order valence-electron chi connectivity index (χ3n) is 3.79. The van der Waals surface area contributed by atoms with Gasteiger partial charge in [-0.25, -0.2) is 4.98 Å². The quantitative estimate of drug-likeness (QED) is 0.909. The molecule has 106 valence electrons. The molecule has 1 heterocycles. The number of aryl methyl sites for hydroxylation is 1. The maximum atomic E-state index is 5.93. The van der Waals surface area contributed by atoms with Crippen LogP contribution >= 0.6 is 0 Å². The van der Waals surface area contributed by atoms with Crippen LogP contribution in [-0.4, -0.2) is 9.55 Å². The summed E-state index contributed by atoms with van der Waals surface area (Å²) in [5, 5.41) is 0. The van der Waals surface area contributed by atoms with Gasteiger partial charge in [0.2, 0.25) is 0 Å². The Morgan fingerprint density at radius 2 is 2.25 bits per heavy atom. The molecule has 0 spiro atoms. The highest BCUT2D eigenvalue weighted by Crippen LogP contribution is 2.35. The first kappa shape index (κ1) is 13.2. The fraction of sp³-hybridized carbons (Fsp3) is 0.438. The van der Waals surface area contributed by atoms with Crippen molar-refractivity contribution in [3.8, 4) is 5.75 Å². The third kappa shape index (κ3) is 2.70. The second-order valence-electron chi connectivity index (χ2n) is 5.63. The van der Waals surface area contributed by atoms with Gasteiger partial charge < -0.3 is 15.0 Å². The minimum absolute atomic E-state index is 0.0547. The Labute approximate surface area is 119 Å². The molecular formula is C16H21N3O. The molecule has 0 saturated heterocycles. The van der Waals surface area contributed by atoms with E-state index in [0.29, 0.717) is 12.6 Å². The fourth-order valence-electron chi connectivity index (χ4n) is 2.39. The number of ether oxygens (including phenoxy) is 1. The van der Waals surface area contributed by atoms with Gasteiger partial charge in [0.15, 0.2) is 0 Å². The van der Waals surface area contributed by atoms with E-state index in [9.17, 15) is 0 Å². The van der Waals surface area contributed by atoms with E-state index in [1.54, 1.807) is 0 Å². The zero-order valence-electron chi connectivity index (χ0n) is 12.0. The van der Waals surface area contributed by atoms with Gasteiger partial charge in [-0.1, -0.05) is 12.1 Å². The molecule has 0 unspecified atom stereocenters. The van der Waals surface area contributed by atoms with Gasteiger partial charge in [-0.3, -0.25) is 0 Å². The van der Waals surface area contributed by atoms with Crippen LogP contribution in [0.15, 0.2) is 30.7 Å². The van der Waals surface area contributed by atoms with E-state index in [-0.39, 0.29) is 6.04 Å². The van der Waals surface area contributed by atoms with Crippen LogP contribution in [0, 0.1) is 6.92 Å². The number of aromatic nitrogens is 2. The first-order valence-corrected chi connectivity index (χ1v) is 7.15. The summed E-state index contributed by atoms with van der Waals surface area (Å²) in [5.41, 5.74) is 9.29. The summed E-state index contributed by atoms with van der Waals surface area (Å²) in [5.74, 6) is 0.915. The van der Waals surface area contributed by atoms with Gasteiger partial charge in [0.05, 0.1) is 18.2 Å². The fourth-order valence-corrected chi connectivity index (χ4v) is 2.39. The lowest BCUT2D eigenvalue weighted by Crippen LogP contribution is -2.07. The van der Waals surface area contributed by atoms with E-state index in [1.165, 1.54) is 12.8 Å². The van der Waals surface area contributed by atoms with E-state index in [2.05, 4.69) is 22.5 Å². The first-order chi connectivity index (χ1) is 9.65. The first-order valence-electron chi connectivity index (χ1n) is 7.15. The molecule has 1 fully saturated rings. The van der Waals surface area contributed by atoms with Crippen molar-refractivity contribution < 1.29 is 4.74 Å². The Hall–Kier alpha value is -1.81. The molecule has 0 amide bonds. The largest absolute Gasteiger partial charge is 0.487 e. The minimum Gasteiger partial charge on any atom is -0.487 e. The molecular weight excluding hydrogens is 250 g/mol. The predicted molar refractivity (Wildman–Crippen MR) is 78.6 cm³/mol. The van der Waals surface area contributed by atoms with Crippen molar-refractivity contribution in [2.45, 2.75) is 45.4 Å². The SMILES string of the molecule is Cc1cc([C@@H](C)N)ccc1OCc1cncn1C1CC1. The minimum atomic E-state index is 0.0547. The molecule has 1 aliphatic carbocycles. The second kappa shape index (κ2) is 5.29. The lowest BCUT2D eigenvalue weighted by molar-refractivity contribution is 0.293. The molecule has 4 nitrogen and oxygen atoms in total. The lowest BCUT2D eigenvalue weighted by Gasteiger charge is -2.13. The van der Waals surface area contributed by atoms with Gasteiger partial charge in [-0.2, -0.15) is 0 Å². The number of imidazole rings is 1.